The Morgan fingerprint density at radius 1 is 1.00 bits per heavy atom. The van der Waals surface area contributed by atoms with Crippen LogP contribution in [0, 0.1) is 0 Å². The number of aliphatic hydroxyl groups is 1. The number of aromatic nitrogens is 1. The average molecular weight is 358 g/mol. The molecule has 1 unspecified atom stereocenters. The van der Waals surface area contributed by atoms with E-state index in [9.17, 15) is 9.90 Å². The van der Waals surface area contributed by atoms with Crippen LogP contribution in [0.3, 0.4) is 0 Å². The van der Waals surface area contributed by atoms with Crippen molar-refractivity contribution in [1.82, 2.24) is 10.3 Å². The first-order valence-electron chi connectivity index (χ1n) is 8.89. The standard InChI is InChI=1S/C23H22N2O2/c26-17-22(16-21-11-4-5-14-24-21)25-23(27)13-12-18-7-6-10-20(15-18)19-8-2-1-3-9-19/h1-15,22,26H,16-17H2,(H,25,27). The molecule has 0 saturated heterocycles. The van der Waals surface area contributed by atoms with Gasteiger partial charge >= 0.3 is 0 Å². The molecule has 1 amide bonds. The SMILES string of the molecule is O=C(C=Cc1cccc(-c2ccccc2)c1)NC(CO)Cc1ccccn1. The average Bonchev–Trinajstić information content (AvgIpc) is 2.73. The van der Waals surface area contributed by atoms with Crippen LogP contribution < -0.4 is 5.32 Å². The topological polar surface area (TPSA) is 62.2 Å². The molecule has 0 saturated carbocycles. The maximum Gasteiger partial charge on any atom is 0.244 e. The first-order valence-corrected chi connectivity index (χ1v) is 8.89. The summed E-state index contributed by atoms with van der Waals surface area (Å²) in [7, 11) is 0. The van der Waals surface area contributed by atoms with E-state index in [0.29, 0.717) is 6.42 Å². The van der Waals surface area contributed by atoms with Gasteiger partial charge in [-0.1, -0.05) is 54.6 Å². The molecule has 4 nitrogen and oxygen atoms in total. The lowest BCUT2D eigenvalue weighted by molar-refractivity contribution is -0.117. The van der Waals surface area contributed by atoms with E-state index in [1.165, 1.54) is 6.08 Å². The molecule has 3 rings (SSSR count). The second-order valence-corrected chi connectivity index (χ2v) is 6.24. The molecule has 4 heteroatoms. The number of carbonyl (C=O) groups excluding carboxylic acids is 1. The van der Waals surface area contributed by atoms with Crippen molar-refractivity contribution in [3.63, 3.8) is 0 Å². The predicted molar refractivity (Wildman–Crippen MR) is 108 cm³/mol. The second-order valence-electron chi connectivity index (χ2n) is 6.24. The number of nitrogens with zero attached hydrogens (tertiary/aromatic N) is 1. The fraction of sp³-hybridized carbons (Fsp3) is 0.130. The molecule has 1 atom stereocenters. The molecule has 0 fully saturated rings. The van der Waals surface area contributed by atoms with Gasteiger partial charge in [-0.25, -0.2) is 0 Å². The van der Waals surface area contributed by atoms with Gasteiger partial charge in [0.2, 0.25) is 5.91 Å². The molecule has 1 aromatic heterocycles. The summed E-state index contributed by atoms with van der Waals surface area (Å²) in [5, 5.41) is 12.3. The molecule has 0 radical (unpaired) electrons. The molecule has 1 heterocycles. The molecule has 2 aromatic carbocycles. The fourth-order valence-electron chi connectivity index (χ4n) is 2.81. The zero-order chi connectivity index (χ0) is 18.9. The van der Waals surface area contributed by atoms with Crippen LogP contribution in [-0.2, 0) is 11.2 Å². The highest BCUT2D eigenvalue weighted by molar-refractivity contribution is 5.92. The molecular formula is C23H22N2O2. The molecule has 3 aromatic rings. The maximum absolute atomic E-state index is 12.2. The summed E-state index contributed by atoms with van der Waals surface area (Å²) in [4.78, 5) is 16.4. The van der Waals surface area contributed by atoms with Gasteiger partial charge in [0.15, 0.2) is 0 Å². The monoisotopic (exact) mass is 358 g/mol. The Hall–Kier alpha value is -3.24. The van der Waals surface area contributed by atoms with Crippen molar-refractivity contribution in [2.45, 2.75) is 12.5 Å². The molecule has 0 bridgehead atoms. The van der Waals surface area contributed by atoms with E-state index >= 15 is 0 Å². The predicted octanol–water partition coefficient (Wildman–Crippen LogP) is 3.48. The van der Waals surface area contributed by atoms with Crippen LogP contribution in [0.25, 0.3) is 17.2 Å². The van der Waals surface area contributed by atoms with Crippen molar-refractivity contribution < 1.29 is 9.90 Å². The van der Waals surface area contributed by atoms with E-state index in [-0.39, 0.29) is 18.6 Å². The third-order valence-corrected chi connectivity index (χ3v) is 4.17. The van der Waals surface area contributed by atoms with Crippen LogP contribution >= 0.6 is 0 Å². The minimum absolute atomic E-state index is 0.139. The highest BCUT2D eigenvalue weighted by atomic mass is 16.3. The van der Waals surface area contributed by atoms with Crippen molar-refractivity contribution in [2.24, 2.45) is 0 Å². The number of hydrogen-bond acceptors (Lipinski definition) is 3. The summed E-state index contributed by atoms with van der Waals surface area (Å²) in [6, 6.07) is 23.3. The summed E-state index contributed by atoms with van der Waals surface area (Å²) in [6.45, 7) is -0.139. The summed E-state index contributed by atoms with van der Waals surface area (Å²) in [6.07, 6.45) is 5.45. The fourth-order valence-corrected chi connectivity index (χ4v) is 2.81. The molecule has 0 aliphatic heterocycles. The number of hydrogen-bond donors (Lipinski definition) is 2. The normalized spacial score (nSPS) is 12.0. The van der Waals surface area contributed by atoms with Crippen molar-refractivity contribution in [3.05, 3.63) is 96.3 Å². The molecule has 136 valence electrons. The van der Waals surface area contributed by atoms with Gasteiger partial charge in [0, 0.05) is 24.4 Å². The Kier molecular flexibility index (Phi) is 6.50. The largest absolute Gasteiger partial charge is 0.394 e. The van der Waals surface area contributed by atoms with Gasteiger partial charge in [-0.2, -0.15) is 0 Å². The molecule has 0 aliphatic carbocycles. The molecule has 0 spiro atoms. The van der Waals surface area contributed by atoms with E-state index in [0.717, 1.165) is 22.4 Å². The molecular weight excluding hydrogens is 336 g/mol. The minimum atomic E-state index is -0.368. The summed E-state index contributed by atoms with van der Waals surface area (Å²) >= 11 is 0. The second kappa shape index (κ2) is 9.46. The molecule has 0 aliphatic rings. The Bertz CT molecular complexity index is 893. The summed E-state index contributed by atoms with van der Waals surface area (Å²) < 4.78 is 0. The van der Waals surface area contributed by atoms with Gasteiger partial charge in [0.1, 0.15) is 0 Å². The van der Waals surface area contributed by atoms with E-state index < -0.39 is 0 Å². The lowest BCUT2D eigenvalue weighted by Crippen LogP contribution is -2.38. The minimum Gasteiger partial charge on any atom is -0.394 e. The van der Waals surface area contributed by atoms with Crippen LogP contribution in [0.2, 0.25) is 0 Å². The molecule has 27 heavy (non-hydrogen) atoms. The number of pyridine rings is 1. The third kappa shape index (κ3) is 5.62. The van der Waals surface area contributed by atoms with Crippen LogP contribution in [0.4, 0.5) is 0 Å². The first kappa shape index (κ1) is 18.5. The number of aliphatic hydroxyl groups excluding tert-OH is 1. The summed E-state index contributed by atoms with van der Waals surface area (Å²) in [5.41, 5.74) is 4.00. The highest BCUT2D eigenvalue weighted by Gasteiger charge is 2.11. The number of carbonyl (C=O) groups is 1. The first-order chi connectivity index (χ1) is 13.2. The van der Waals surface area contributed by atoms with E-state index in [4.69, 9.17) is 0 Å². The lowest BCUT2D eigenvalue weighted by atomic mass is 10.0. The van der Waals surface area contributed by atoms with Crippen molar-refractivity contribution in [3.8, 4) is 11.1 Å². The van der Waals surface area contributed by atoms with Gasteiger partial charge in [0.25, 0.3) is 0 Å². The molecule has 2 N–H and O–H groups in total. The quantitative estimate of drug-likeness (QED) is 0.636. The zero-order valence-electron chi connectivity index (χ0n) is 15.0. The Labute approximate surface area is 159 Å². The highest BCUT2D eigenvalue weighted by Crippen LogP contribution is 2.20. The van der Waals surface area contributed by atoms with Gasteiger partial charge in [-0.05, 0) is 41.0 Å². The van der Waals surface area contributed by atoms with Crippen LogP contribution in [0.1, 0.15) is 11.3 Å². The lowest BCUT2D eigenvalue weighted by Gasteiger charge is -2.14. The third-order valence-electron chi connectivity index (χ3n) is 4.17. The Morgan fingerprint density at radius 2 is 1.78 bits per heavy atom. The number of rotatable bonds is 7. The van der Waals surface area contributed by atoms with Crippen LogP contribution in [0.5, 0.6) is 0 Å². The van der Waals surface area contributed by atoms with Crippen molar-refractivity contribution >= 4 is 12.0 Å². The Balaban J connectivity index is 1.62. The van der Waals surface area contributed by atoms with Crippen molar-refractivity contribution in [1.29, 1.82) is 0 Å². The zero-order valence-corrected chi connectivity index (χ0v) is 15.0. The number of benzene rings is 2. The number of nitrogens with one attached hydrogen (secondary N) is 1. The van der Waals surface area contributed by atoms with Gasteiger partial charge in [0.05, 0.1) is 12.6 Å². The van der Waals surface area contributed by atoms with Gasteiger partial charge in [-0.3, -0.25) is 9.78 Å². The van der Waals surface area contributed by atoms with E-state index in [1.54, 1.807) is 12.3 Å². The summed E-state index contributed by atoms with van der Waals surface area (Å²) in [5.74, 6) is -0.241. The van der Waals surface area contributed by atoms with Gasteiger partial charge < -0.3 is 10.4 Å². The van der Waals surface area contributed by atoms with E-state index in [1.807, 2.05) is 60.7 Å². The van der Waals surface area contributed by atoms with Crippen LogP contribution in [0.15, 0.2) is 85.1 Å². The van der Waals surface area contributed by atoms with Crippen LogP contribution in [-0.4, -0.2) is 28.6 Å². The smallest absolute Gasteiger partial charge is 0.244 e. The number of amides is 1. The van der Waals surface area contributed by atoms with Gasteiger partial charge in [-0.15, -0.1) is 0 Å². The van der Waals surface area contributed by atoms with E-state index in [2.05, 4.69) is 22.4 Å². The Morgan fingerprint density at radius 3 is 2.52 bits per heavy atom. The van der Waals surface area contributed by atoms with Crippen molar-refractivity contribution in [2.75, 3.05) is 6.61 Å². The maximum atomic E-state index is 12.2.